The largest absolute Gasteiger partial charge is 0.132 e. The van der Waals surface area contributed by atoms with Crippen LogP contribution in [0.1, 0.15) is 18.9 Å². The molecule has 0 aromatic heterocycles. The van der Waals surface area contributed by atoms with Crippen LogP contribution in [0.15, 0.2) is 30.3 Å². The van der Waals surface area contributed by atoms with Crippen LogP contribution in [0, 0.1) is 17.4 Å². The number of benzene rings is 1. The molecule has 2 rings (SSSR count). The van der Waals surface area contributed by atoms with Crippen molar-refractivity contribution in [2.45, 2.75) is 38.4 Å². The van der Waals surface area contributed by atoms with Gasteiger partial charge in [-0.05, 0) is 12.0 Å². The summed E-state index contributed by atoms with van der Waals surface area (Å²) in [6, 6.07) is 10.8. The molecule has 1 aliphatic rings. The fourth-order valence-corrected chi connectivity index (χ4v) is 2.62. The highest BCUT2D eigenvalue weighted by atomic mass is 28.3. The molecule has 1 saturated carbocycles. The van der Waals surface area contributed by atoms with Crippen LogP contribution in [0.5, 0.6) is 0 Å². The van der Waals surface area contributed by atoms with Crippen molar-refractivity contribution < 1.29 is 0 Å². The summed E-state index contributed by atoms with van der Waals surface area (Å²) in [5.41, 5.74) is 5.27. The van der Waals surface area contributed by atoms with Gasteiger partial charge in [0.25, 0.3) is 0 Å². The Bertz CT molecular complexity index is 430. The zero-order chi connectivity index (χ0) is 11.8. The highest BCUT2D eigenvalue weighted by molar-refractivity contribution is 6.83. The minimum absolute atomic E-state index is 0.327. The summed E-state index contributed by atoms with van der Waals surface area (Å²) in [6.45, 7) is 9.26. The summed E-state index contributed by atoms with van der Waals surface area (Å²) in [4.78, 5) is 0. The Balaban J connectivity index is 2.13. The molecule has 16 heavy (non-hydrogen) atoms. The first kappa shape index (κ1) is 11.5. The quantitative estimate of drug-likeness (QED) is 0.506. The normalized spacial score (nSPS) is 28.1. The van der Waals surface area contributed by atoms with E-state index in [4.69, 9.17) is 0 Å². The van der Waals surface area contributed by atoms with Crippen molar-refractivity contribution >= 4 is 8.07 Å². The SMILES string of the molecule is C[C@@]1(c2ccccc2)C[C@H]1C#C[Si](C)(C)C. The van der Waals surface area contributed by atoms with Crippen LogP contribution in [-0.4, -0.2) is 8.07 Å². The third kappa shape index (κ3) is 2.39. The van der Waals surface area contributed by atoms with E-state index in [0.717, 1.165) is 0 Å². The van der Waals surface area contributed by atoms with Gasteiger partial charge in [0.2, 0.25) is 0 Å². The van der Waals surface area contributed by atoms with Crippen molar-refractivity contribution in [2.24, 2.45) is 5.92 Å². The third-order valence-electron chi connectivity index (χ3n) is 3.29. The van der Waals surface area contributed by atoms with E-state index in [-0.39, 0.29) is 0 Å². The Morgan fingerprint density at radius 1 is 1.19 bits per heavy atom. The summed E-state index contributed by atoms with van der Waals surface area (Å²) >= 11 is 0. The summed E-state index contributed by atoms with van der Waals surface area (Å²) in [5, 5.41) is 0. The first-order valence-corrected chi connectivity index (χ1v) is 9.50. The second-order valence-electron chi connectivity index (χ2n) is 6.06. The zero-order valence-corrected chi connectivity index (χ0v) is 11.7. The van der Waals surface area contributed by atoms with Gasteiger partial charge in [-0.3, -0.25) is 0 Å². The van der Waals surface area contributed by atoms with E-state index in [9.17, 15) is 0 Å². The molecule has 0 aliphatic heterocycles. The molecule has 0 N–H and O–H groups in total. The lowest BCUT2D eigenvalue weighted by Gasteiger charge is -2.09. The number of hydrogen-bond donors (Lipinski definition) is 0. The molecule has 0 amide bonds. The van der Waals surface area contributed by atoms with E-state index in [2.05, 4.69) is 68.4 Å². The maximum Gasteiger partial charge on any atom is 0.129 e. The predicted octanol–water partition coefficient (Wildman–Crippen LogP) is 3.85. The molecule has 2 atom stereocenters. The van der Waals surface area contributed by atoms with Crippen molar-refractivity contribution in [3.8, 4) is 11.5 Å². The molecule has 1 aromatic carbocycles. The van der Waals surface area contributed by atoms with Crippen molar-refractivity contribution in [2.75, 3.05) is 0 Å². The molecule has 0 radical (unpaired) electrons. The molecule has 0 saturated heterocycles. The molecule has 0 bridgehead atoms. The van der Waals surface area contributed by atoms with Crippen molar-refractivity contribution in [3.63, 3.8) is 0 Å². The summed E-state index contributed by atoms with van der Waals surface area (Å²) in [5.74, 6) is 4.08. The Hall–Kier alpha value is -1.00. The van der Waals surface area contributed by atoms with E-state index in [1.807, 2.05) is 0 Å². The van der Waals surface area contributed by atoms with Crippen LogP contribution in [0.3, 0.4) is 0 Å². The fourth-order valence-electron chi connectivity index (χ4n) is 2.02. The van der Waals surface area contributed by atoms with E-state index in [1.54, 1.807) is 0 Å². The summed E-state index contributed by atoms with van der Waals surface area (Å²) in [6.07, 6.45) is 1.23. The number of rotatable bonds is 1. The Morgan fingerprint density at radius 3 is 2.38 bits per heavy atom. The topological polar surface area (TPSA) is 0 Å². The van der Waals surface area contributed by atoms with Gasteiger partial charge in [-0.1, -0.05) is 56.9 Å². The van der Waals surface area contributed by atoms with Gasteiger partial charge in [0.05, 0.1) is 0 Å². The molecule has 0 spiro atoms. The van der Waals surface area contributed by atoms with Gasteiger partial charge >= 0.3 is 0 Å². The highest BCUT2D eigenvalue weighted by Gasteiger charge is 2.50. The van der Waals surface area contributed by atoms with Gasteiger partial charge in [-0.25, -0.2) is 0 Å². The minimum atomic E-state index is -1.20. The maximum atomic E-state index is 3.50. The molecule has 1 fully saturated rings. The highest BCUT2D eigenvalue weighted by Crippen LogP contribution is 2.53. The van der Waals surface area contributed by atoms with Crippen molar-refractivity contribution in [1.82, 2.24) is 0 Å². The standard InChI is InChI=1S/C15H20Si/c1-15(13-8-6-5-7-9-13)12-14(15)10-11-16(2,3)4/h5-9,14H,12H2,1-4H3/t14-,15+/m1/s1. The summed E-state index contributed by atoms with van der Waals surface area (Å²) < 4.78 is 0. The van der Waals surface area contributed by atoms with Crippen LogP contribution >= 0.6 is 0 Å². The lowest BCUT2D eigenvalue weighted by molar-refractivity contribution is 0.746. The minimum Gasteiger partial charge on any atom is -0.132 e. The average Bonchev–Trinajstić information content (AvgIpc) is 2.89. The third-order valence-corrected chi connectivity index (χ3v) is 4.19. The smallest absolute Gasteiger partial charge is 0.129 e. The van der Waals surface area contributed by atoms with Crippen LogP contribution < -0.4 is 0 Å². The first-order chi connectivity index (χ1) is 7.42. The second kappa shape index (κ2) is 3.78. The molecule has 84 valence electrons. The van der Waals surface area contributed by atoms with Gasteiger partial charge in [0.1, 0.15) is 8.07 Å². The summed E-state index contributed by atoms with van der Waals surface area (Å²) in [7, 11) is -1.20. The molecule has 1 aliphatic carbocycles. The lowest BCUT2D eigenvalue weighted by atomic mass is 9.96. The molecule has 1 aromatic rings. The van der Waals surface area contributed by atoms with Crippen molar-refractivity contribution in [1.29, 1.82) is 0 Å². The van der Waals surface area contributed by atoms with Gasteiger partial charge in [0, 0.05) is 11.3 Å². The van der Waals surface area contributed by atoms with Gasteiger partial charge in [-0.15, -0.1) is 11.5 Å². The van der Waals surface area contributed by atoms with E-state index >= 15 is 0 Å². The van der Waals surface area contributed by atoms with Gasteiger partial charge in [0.15, 0.2) is 0 Å². The van der Waals surface area contributed by atoms with E-state index < -0.39 is 8.07 Å². The van der Waals surface area contributed by atoms with Crippen LogP contribution in [0.4, 0.5) is 0 Å². The molecule has 1 heteroatoms. The van der Waals surface area contributed by atoms with Crippen LogP contribution in [0.2, 0.25) is 19.6 Å². The lowest BCUT2D eigenvalue weighted by Crippen LogP contribution is -2.16. The molecular weight excluding hydrogens is 208 g/mol. The van der Waals surface area contributed by atoms with E-state index in [1.165, 1.54) is 12.0 Å². The molecular formula is C15H20Si. The fraction of sp³-hybridized carbons (Fsp3) is 0.467. The maximum absolute atomic E-state index is 3.50. The Labute approximate surface area is 100 Å². The number of hydrogen-bond acceptors (Lipinski definition) is 0. The van der Waals surface area contributed by atoms with Gasteiger partial charge < -0.3 is 0 Å². The van der Waals surface area contributed by atoms with Crippen molar-refractivity contribution in [3.05, 3.63) is 35.9 Å². The monoisotopic (exact) mass is 228 g/mol. The van der Waals surface area contributed by atoms with E-state index in [0.29, 0.717) is 11.3 Å². The zero-order valence-electron chi connectivity index (χ0n) is 10.7. The van der Waals surface area contributed by atoms with Gasteiger partial charge in [-0.2, -0.15) is 0 Å². The van der Waals surface area contributed by atoms with Crippen LogP contribution in [-0.2, 0) is 5.41 Å². The van der Waals surface area contributed by atoms with Crippen LogP contribution in [0.25, 0.3) is 0 Å². The molecule has 0 nitrogen and oxygen atoms in total. The Kier molecular flexibility index (Phi) is 2.72. The molecule has 0 heterocycles. The Morgan fingerprint density at radius 2 is 1.81 bits per heavy atom. The molecule has 0 unspecified atom stereocenters. The average molecular weight is 228 g/mol. The predicted molar refractivity (Wildman–Crippen MR) is 73.0 cm³/mol. The second-order valence-corrected chi connectivity index (χ2v) is 10.8. The first-order valence-electron chi connectivity index (χ1n) is 6.00.